The molecule has 5 heteroatoms. The second-order valence-corrected chi connectivity index (χ2v) is 6.52. The lowest BCUT2D eigenvalue weighted by molar-refractivity contribution is -0.120. The minimum atomic E-state index is -0.274. The van der Waals surface area contributed by atoms with E-state index in [1.54, 1.807) is 11.8 Å². The van der Waals surface area contributed by atoms with Crippen molar-refractivity contribution in [1.82, 2.24) is 10.6 Å². The predicted octanol–water partition coefficient (Wildman–Crippen LogP) is 1.40. The molecule has 0 saturated carbocycles. The summed E-state index contributed by atoms with van der Waals surface area (Å²) in [6.45, 7) is 9.37. The van der Waals surface area contributed by atoms with E-state index < -0.39 is 0 Å². The van der Waals surface area contributed by atoms with Crippen LogP contribution in [0.4, 0.5) is 0 Å². The molecule has 1 heterocycles. The average Bonchev–Trinajstić information content (AvgIpc) is 2.35. The van der Waals surface area contributed by atoms with Gasteiger partial charge in [0.1, 0.15) is 0 Å². The van der Waals surface area contributed by atoms with E-state index in [4.69, 9.17) is 4.74 Å². The average molecular weight is 274 g/mol. The van der Waals surface area contributed by atoms with Gasteiger partial charge < -0.3 is 15.4 Å². The Labute approximate surface area is 115 Å². The third-order valence-corrected chi connectivity index (χ3v) is 4.35. The number of carbonyl (C=O) groups excluding carboxylic acids is 1. The monoisotopic (exact) mass is 274 g/mol. The van der Waals surface area contributed by atoms with Gasteiger partial charge in [-0.05, 0) is 46.7 Å². The summed E-state index contributed by atoms with van der Waals surface area (Å²) in [5.74, 6) is 0.679. The Balaban J connectivity index is 2.13. The first-order valence-corrected chi connectivity index (χ1v) is 7.81. The van der Waals surface area contributed by atoms with Crippen LogP contribution in [0.15, 0.2) is 0 Å². The highest BCUT2D eigenvalue weighted by molar-refractivity contribution is 8.00. The highest BCUT2D eigenvalue weighted by atomic mass is 32.2. The normalized spacial score (nSPS) is 17.7. The second kappa shape index (κ2) is 8.02. The number of nitrogens with one attached hydrogen (secondary N) is 2. The van der Waals surface area contributed by atoms with Crippen LogP contribution in [0.1, 0.15) is 33.6 Å². The third kappa shape index (κ3) is 6.61. The van der Waals surface area contributed by atoms with Crippen LogP contribution < -0.4 is 10.6 Å². The Morgan fingerprint density at radius 2 is 2.11 bits per heavy atom. The van der Waals surface area contributed by atoms with E-state index in [0.717, 1.165) is 13.1 Å². The zero-order valence-electron chi connectivity index (χ0n) is 11.8. The van der Waals surface area contributed by atoms with Crippen LogP contribution >= 0.6 is 11.8 Å². The van der Waals surface area contributed by atoms with Crippen LogP contribution in [0.2, 0.25) is 0 Å². The Kier molecular flexibility index (Phi) is 7.04. The van der Waals surface area contributed by atoms with Gasteiger partial charge in [-0.15, -0.1) is 11.8 Å². The maximum absolute atomic E-state index is 11.7. The van der Waals surface area contributed by atoms with Crippen LogP contribution in [0.5, 0.6) is 0 Å². The van der Waals surface area contributed by atoms with Crippen molar-refractivity contribution in [2.24, 2.45) is 0 Å². The van der Waals surface area contributed by atoms with E-state index in [1.165, 1.54) is 12.8 Å². The first-order valence-electron chi connectivity index (χ1n) is 6.76. The number of ether oxygens (including phenoxy) is 1. The summed E-state index contributed by atoms with van der Waals surface area (Å²) in [6.07, 6.45) is 2.34. The fraction of sp³-hybridized carbons (Fsp3) is 0.923. The molecule has 1 rings (SSSR count). The summed E-state index contributed by atoms with van der Waals surface area (Å²) in [5.41, 5.74) is -0.274. The Hall–Kier alpha value is -0.260. The van der Waals surface area contributed by atoms with Gasteiger partial charge in [0.05, 0.1) is 11.4 Å². The van der Waals surface area contributed by atoms with Gasteiger partial charge in [0.25, 0.3) is 0 Å². The zero-order valence-corrected chi connectivity index (χ0v) is 12.6. The zero-order chi connectivity index (χ0) is 13.4. The van der Waals surface area contributed by atoms with Crippen LogP contribution in [0.3, 0.4) is 0 Å². The van der Waals surface area contributed by atoms with Crippen molar-refractivity contribution in [1.29, 1.82) is 0 Å². The minimum Gasteiger partial charge on any atom is -0.374 e. The summed E-state index contributed by atoms with van der Waals surface area (Å²) in [5, 5.41) is 6.91. The van der Waals surface area contributed by atoms with Gasteiger partial charge in [-0.25, -0.2) is 0 Å². The minimum absolute atomic E-state index is 0.117. The summed E-state index contributed by atoms with van der Waals surface area (Å²) in [6, 6.07) is 0. The fourth-order valence-electron chi connectivity index (χ4n) is 1.96. The molecule has 1 aliphatic heterocycles. The maximum atomic E-state index is 11.7. The summed E-state index contributed by atoms with van der Waals surface area (Å²) in [4.78, 5) is 11.7. The van der Waals surface area contributed by atoms with Crippen molar-refractivity contribution in [2.45, 2.75) is 44.5 Å². The van der Waals surface area contributed by atoms with Crippen molar-refractivity contribution >= 4 is 17.7 Å². The van der Waals surface area contributed by atoms with Gasteiger partial charge in [0.2, 0.25) is 5.91 Å². The molecule has 0 atom stereocenters. The predicted molar refractivity (Wildman–Crippen MR) is 77.1 cm³/mol. The Morgan fingerprint density at radius 1 is 1.44 bits per heavy atom. The van der Waals surface area contributed by atoms with Crippen molar-refractivity contribution in [3.05, 3.63) is 0 Å². The molecule has 18 heavy (non-hydrogen) atoms. The number of piperidine rings is 1. The van der Waals surface area contributed by atoms with Crippen LogP contribution in [0, 0.1) is 0 Å². The third-order valence-electron chi connectivity index (χ3n) is 2.98. The van der Waals surface area contributed by atoms with Gasteiger partial charge in [-0.3, -0.25) is 4.79 Å². The molecule has 0 unspecified atom stereocenters. The van der Waals surface area contributed by atoms with Crippen molar-refractivity contribution in [3.8, 4) is 0 Å². The topological polar surface area (TPSA) is 50.4 Å². The summed E-state index contributed by atoms with van der Waals surface area (Å²) >= 11 is 1.78. The quantitative estimate of drug-likeness (QED) is 0.737. The molecule has 1 amide bonds. The molecule has 0 aliphatic carbocycles. The molecule has 4 nitrogen and oxygen atoms in total. The van der Waals surface area contributed by atoms with E-state index in [-0.39, 0.29) is 11.5 Å². The number of hydrogen-bond donors (Lipinski definition) is 2. The van der Waals surface area contributed by atoms with Gasteiger partial charge in [-0.1, -0.05) is 0 Å². The molecule has 0 spiro atoms. The second-order valence-electron chi connectivity index (χ2n) is 5.23. The molecule has 106 valence electrons. The molecule has 1 fully saturated rings. The van der Waals surface area contributed by atoms with E-state index in [2.05, 4.69) is 10.6 Å². The first kappa shape index (κ1) is 15.8. The van der Waals surface area contributed by atoms with Crippen molar-refractivity contribution in [2.75, 3.05) is 32.0 Å². The molecule has 1 aliphatic rings. The molecule has 0 aromatic heterocycles. The van der Waals surface area contributed by atoms with Crippen LogP contribution in [-0.2, 0) is 9.53 Å². The number of rotatable bonds is 7. The number of hydrogen-bond acceptors (Lipinski definition) is 4. The highest BCUT2D eigenvalue weighted by Crippen LogP contribution is 2.19. The van der Waals surface area contributed by atoms with Crippen molar-refractivity contribution < 1.29 is 9.53 Å². The van der Waals surface area contributed by atoms with Gasteiger partial charge in [0.15, 0.2) is 0 Å². The first-order chi connectivity index (χ1) is 8.53. The van der Waals surface area contributed by atoms with Gasteiger partial charge in [0, 0.05) is 18.4 Å². The van der Waals surface area contributed by atoms with Crippen molar-refractivity contribution in [3.63, 3.8) is 0 Å². The molecule has 2 N–H and O–H groups in total. The fourth-order valence-corrected chi connectivity index (χ4v) is 3.02. The molecule has 1 saturated heterocycles. The maximum Gasteiger partial charge on any atom is 0.230 e. The Morgan fingerprint density at radius 3 is 2.72 bits per heavy atom. The molecule has 0 aromatic rings. The number of thioether (sulfide) groups is 1. The molecule has 0 bridgehead atoms. The molecular weight excluding hydrogens is 248 g/mol. The standard InChI is InChI=1S/C13H26N2O2S/c1-4-17-13(2,3)10-15-12(16)9-18-11-5-7-14-8-6-11/h11,14H,4-10H2,1-3H3,(H,15,16). The Bertz CT molecular complexity index is 253. The van der Waals surface area contributed by atoms with E-state index in [1.807, 2.05) is 20.8 Å². The van der Waals surface area contributed by atoms with Crippen LogP contribution in [0.25, 0.3) is 0 Å². The van der Waals surface area contributed by atoms with E-state index in [9.17, 15) is 4.79 Å². The van der Waals surface area contributed by atoms with E-state index >= 15 is 0 Å². The highest BCUT2D eigenvalue weighted by Gasteiger charge is 2.19. The summed E-state index contributed by atoms with van der Waals surface area (Å²) < 4.78 is 5.54. The lowest BCUT2D eigenvalue weighted by atomic mass is 10.1. The van der Waals surface area contributed by atoms with Crippen LogP contribution in [-0.4, -0.2) is 48.8 Å². The molecular formula is C13H26N2O2S. The smallest absolute Gasteiger partial charge is 0.230 e. The number of carbonyl (C=O) groups is 1. The molecule has 0 aromatic carbocycles. The van der Waals surface area contributed by atoms with Gasteiger partial charge >= 0.3 is 0 Å². The SMILES string of the molecule is CCOC(C)(C)CNC(=O)CSC1CCNCC1. The van der Waals surface area contributed by atoms with E-state index in [0.29, 0.717) is 24.2 Å². The lowest BCUT2D eigenvalue weighted by Crippen LogP contribution is -2.41. The lowest BCUT2D eigenvalue weighted by Gasteiger charge is -2.25. The summed E-state index contributed by atoms with van der Waals surface area (Å²) in [7, 11) is 0. The largest absolute Gasteiger partial charge is 0.374 e. The molecule has 0 radical (unpaired) electrons. The van der Waals surface area contributed by atoms with Gasteiger partial charge in [-0.2, -0.15) is 0 Å². The number of amides is 1.